The van der Waals surface area contributed by atoms with Crippen LogP contribution in [-0.2, 0) is 24.3 Å². The number of amides is 1. The second kappa shape index (κ2) is 9.60. The summed E-state index contributed by atoms with van der Waals surface area (Å²) < 4.78 is 7.29. The van der Waals surface area contributed by atoms with Crippen LogP contribution in [-0.4, -0.2) is 25.8 Å². The van der Waals surface area contributed by atoms with Gasteiger partial charge in [-0.15, -0.1) is 0 Å². The molecule has 0 atom stereocenters. The maximum absolute atomic E-state index is 12.4. The van der Waals surface area contributed by atoms with Gasteiger partial charge in [-0.1, -0.05) is 65.3 Å². The van der Waals surface area contributed by atoms with Crippen molar-refractivity contribution in [2.45, 2.75) is 46.7 Å². The Morgan fingerprint density at radius 3 is 2.53 bits per heavy atom. The molecule has 2 aromatic carbocycles. The quantitative estimate of drug-likeness (QED) is 0.455. The molecule has 0 radical (unpaired) electrons. The second-order valence-corrected chi connectivity index (χ2v) is 7.95. The van der Waals surface area contributed by atoms with Gasteiger partial charge in [-0.25, -0.2) is 0 Å². The fourth-order valence-corrected chi connectivity index (χ4v) is 3.57. The first kappa shape index (κ1) is 21.5. The minimum absolute atomic E-state index is 0.0605. The predicted molar refractivity (Wildman–Crippen MR) is 122 cm³/mol. The Morgan fingerprint density at radius 1 is 1.03 bits per heavy atom. The molecule has 1 N–H and O–H groups in total. The summed E-state index contributed by atoms with van der Waals surface area (Å²) in [6, 6.07) is 18.1. The smallest absolute Gasteiger partial charge is 0.227 e. The van der Waals surface area contributed by atoms with Crippen molar-refractivity contribution in [1.29, 1.82) is 0 Å². The molecule has 4 rings (SSSR count). The van der Waals surface area contributed by atoms with Crippen LogP contribution in [0.1, 0.15) is 40.4 Å². The van der Waals surface area contributed by atoms with Crippen LogP contribution in [0.3, 0.4) is 0 Å². The highest BCUT2D eigenvalue weighted by Gasteiger charge is 2.14. The lowest BCUT2D eigenvalue weighted by Gasteiger charge is -2.07. The topological polar surface area (TPSA) is 85.8 Å². The Morgan fingerprint density at radius 2 is 1.78 bits per heavy atom. The van der Waals surface area contributed by atoms with Crippen LogP contribution in [0, 0.1) is 20.8 Å². The number of benzene rings is 2. The van der Waals surface area contributed by atoms with E-state index in [9.17, 15) is 4.79 Å². The summed E-state index contributed by atoms with van der Waals surface area (Å²) in [6.45, 7) is 7.20. The Hall–Kier alpha value is -3.74. The van der Waals surface area contributed by atoms with E-state index in [0.717, 1.165) is 22.5 Å². The van der Waals surface area contributed by atoms with Gasteiger partial charge in [-0.05, 0) is 26.3 Å². The van der Waals surface area contributed by atoms with E-state index in [1.807, 2.05) is 67.9 Å². The molecule has 164 valence electrons. The summed E-state index contributed by atoms with van der Waals surface area (Å²) in [5.41, 5.74) is 6.30. The van der Waals surface area contributed by atoms with Crippen molar-refractivity contribution < 1.29 is 9.32 Å². The average Bonchev–Trinajstić information content (AvgIpc) is 3.37. The van der Waals surface area contributed by atoms with Crippen LogP contribution >= 0.6 is 0 Å². The van der Waals surface area contributed by atoms with E-state index in [2.05, 4.69) is 32.7 Å². The van der Waals surface area contributed by atoms with Gasteiger partial charge in [0.15, 0.2) is 0 Å². The van der Waals surface area contributed by atoms with Crippen LogP contribution in [0.15, 0.2) is 59.1 Å². The van der Waals surface area contributed by atoms with E-state index in [1.54, 1.807) is 0 Å². The van der Waals surface area contributed by atoms with Gasteiger partial charge in [-0.2, -0.15) is 10.1 Å². The highest BCUT2D eigenvalue weighted by atomic mass is 16.5. The highest BCUT2D eigenvalue weighted by Crippen LogP contribution is 2.17. The molecule has 0 unspecified atom stereocenters. The molecular formula is C25H27N5O2. The van der Waals surface area contributed by atoms with Crippen LogP contribution in [0.5, 0.6) is 0 Å². The van der Waals surface area contributed by atoms with E-state index in [-0.39, 0.29) is 12.3 Å². The molecule has 7 nitrogen and oxygen atoms in total. The molecule has 0 fully saturated rings. The van der Waals surface area contributed by atoms with Gasteiger partial charge in [0.2, 0.25) is 17.6 Å². The van der Waals surface area contributed by atoms with Crippen molar-refractivity contribution in [1.82, 2.24) is 25.2 Å². The lowest BCUT2D eigenvalue weighted by Crippen LogP contribution is -2.23. The number of aryl methyl sites for hydroxylation is 3. The Kier molecular flexibility index (Phi) is 6.44. The monoisotopic (exact) mass is 429 g/mol. The van der Waals surface area contributed by atoms with Gasteiger partial charge in [0.25, 0.3) is 0 Å². The predicted octanol–water partition coefficient (Wildman–Crippen LogP) is 4.16. The standard InChI is InChI=1S/C25H27N5O2/c1-17-9-11-21(12-10-17)25-27-24(32-29-25)14-13-23(31)26-15-22-18(2)28-30(19(22)3)16-20-7-5-4-6-8-20/h4-12H,13-16H2,1-3H3,(H,26,31). The number of nitrogens with one attached hydrogen (secondary N) is 1. The molecule has 2 heterocycles. The van der Waals surface area contributed by atoms with Crippen LogP contribution in [0.2, 0.25) is 0 Å². The number of nitrogens with zero attached hydrogens (tertiary/aromatic N) is 4. The minimum Gasteiger partial charge on any atom is -0.352 e. The third kappa shape index (κ3) is 5.11. The third-order valence-electron chi connectivity index (χ3n) is 5.51. The van der Waals surface area contributed by atoms with Gasteiger partial charge < -0.3 is 9.84 Å². The molecule has 4 aromatic rings. The Labute approximate surface area is 187 Å². The van der Waals surface area contributed by atoms with Crippen molar-refractivity contribution in [3.05, 3.63) is 88.6 Å². The first-order valence-electron chi connectivity index (χ1n) is 10.7. The second-order valence-electron chi connectivity index (χ2n) is 7.95. The summed E-state index contributed by atoms with van der Waals surface area (Å²) in [4.78, 5) is 16.8. The molecule has 0 aliphatic carbocycles. The summed E-state index contributed by atoms with van der Waals surface area (Å²) >= 11 is 0. The van der Waals surface area contributed by atoms with E-state index in [0.29, 0.717) is 31.2 Å². The van der Waals surface area contributed by atoms with E-state index < -0.39 is 0 Å². The number of hydrogen-bond acceptors (Lipinski definition) is 5. The third-order valence-corrected chi connectivity index (χ3v) is 5.51. The molecule has 0 aliphatic heterocycles. The lowest BCUT2D eigenvalue weighted by atomic mass is 10.1. The number of carbonyl (C=O) groups excluding carboxylic acids is 1. The Bertz CT molecular complexity index is 1190. The molecular weight excluding hydrogens is 402 g/mol. The van der Waals surface area contributed by atoms with E-state index >= 15 is 0 Å². The molecule has 7 heteroatoms. The molecule has 0 spiro atoms. The zero-order valence-corrected chi connectivity index (χ0v) is 18.6. The van der Waals surface area contributed by atoms with E-state index in [1.165, 1.54) is 11.1 Å². The first-order valence-corrected chi connectivity index (χ1v) is 10.7. The maximum atomic E-state index is 12.4. The Balaban J connectivity index is 1.30. The summed E-state index contributed by atoms with van der Waals surface area (Å²) in [6.07, 6.45) is 0.682. The maximum Gasteiger partial charge on any atom is 0.227 e. The van der Waals surface area contributed by atoms with Gasteiger partial charge in [-0.3, -0.25) is 9.48 Å². The molecule has 0 aliphatic rings. The first-order chi connectivity index (χ1) is 15.5. The van der Waals surface area contributed by atoms with Crippen molar-refractivity contribution in [3.8, 4) is 11.4 Å². The molecule has 0 saturated heterocycles. The fourth-order valence-electron chi connectivity index (χ4n) is 3.57. The van der Waals surface area contributed by atoms with Crippen LogP contribution < -0.4 is 5.32 Å². The summed E-state index contributed by atoms with van der Waals surface area (Å²) in [7, 11) is 0. The zero-order chi connectivity index (χ0) is 22.5. The highest BCUT2D eigenvalue weighted by molar-refractivity contribution is 5.76. The number of rotatable bonds is 8. The van der Waals surface area contributed by atoms with Gasteiger partial charge >= 0.3 is 0 Å². The lowest BCUT2D eigenvalue weighted by molar-refractivity contribution is -0.121. The summed E-state index contributed by atoms with van der Waals surface area (Å²) in [5, 5.41) is 11.7. The molecule has 2 aromatic heterocycles. The van der Waals surface area contributed by atoms with Crippen LogP contribution in [0.4, 0.5) is 0 Å². The van der Waals surface area contributed by atoms with Crippen molar-refractivity contribution in [2.24, 2.45) is 0 Å². The fraction of sp³-hybridized carbons (Fsp3) is 0.280. The minimum atomic E-state index is -0.0605. The van der Waals surface area contributed by atoms with Crippen molar-refractivity contribution >= 4 is 5.91 Å². The van der Waals surface area contributed by atoms with Crippen molar-refractivity contribution in [2.75, 3.05) is 0 Å². The van der Waals surface area contributed by atoms with Crippen molar-refractivity contribution in [3.63, 3.8) is 0 Å². The van der Waals surface area contributed by atoms with Gasteiger partial charge in [0.05, 0.1) is 12.2 Å². The molecule has 1 amide bonds. The zero-order valence-electron chi connectivity index (χ0n) is 18.6. The number of carbonyl (C=O) groups is 1. The van der Waals surface area contributed by atoms with E-state index in [4.69, 9.17) is 4.52 Å². The normalized spacial score (nSPS) is 11.0. The number of aromatic nitrogens is 4. The molecule has 32 heavy (non-hydrogen) atoms. The van der Waals surface area contributed by atoms with Gasteiger partial charge in [0.1, 0.15) is 0 Å². The van der Waals surface area contributed by atoms with Gasteiger partial charge in [0, 0.05) is 36.2 Å². The average molecular weight is 430 g/mol. The molecule has 0 saturated carbocycles. The summed E-state index contributed by atoms with van der Waals surface area (Å²) in [5.74, 6) is 0.936. The van der Waals surface area contributed by atoms with Crippen LogP contribution in [0.25, 0.3) is 11.4 Å². The number of hydrogen-bond donors (Lipinski definition) is 1. The largest absolute Gasteiger partial charge is 0.352 e. The molecule has 0 bridgehead atoms. The SMILES string of the molecule is Cc1ccc(-c2noc(CCC(=O)NCc3c(C)nn(Cc4ccccc4)c3C)n2)cc1.